The van der Waals surface area contributed by atoms with Crippen LogP contribution in [0.1, 0.15) is 51.7 Å². The minimum atomic E-state index is -0.451. The molecule has 1 unspecified atom stereocenters. The summed E-state index contributed by atoms with van der Waals surface area (Å²) in [7, 11) is 0. The second kappa shape index (κ2) is 8.96. The minimum Gasteiger partial charge on any atom is -0.334 e. The smallest absolute Gasteiger partial charge is 0.318 e. The lowest BCUT2D eigenvalue weighted by atomic mass is 9.95. The lowest BCUT2D eigenvalue weighted by Gasteiger charge is -2.31. The highest BCUT2D eigenvalue weighted by molar-refractivity contribution is 7.15. The predicted molar refractivity (Wildman–Crippen MR) is 133 cm³/mol. The van der Waals surface area contributed by atoms with Crippen LogP contribution in [-0.4, -0.2) is 15.5 Å². The van der Waals surface area contributed by atoms with Gasteiger partial charge in [0.1, 0.15) is 16.6 Å². The number of urea groups is 1. The number of amides is 2. The molecule has 3 heterocycles. The van der Waals surface area contributed by atoms with Crippen LogP contribution in [0.25, 0.3) is 5.00 Å². The van der Waals surface area contributed by atoms with Gasteiger partial charge in [0.05, 0.1) is 18.3 Å². The van der Waals surface area contributed by atoms with Crippen molar-refractivity contribution in [3.63, 3.8) is 0 Å². The summed E-state index contributed by atoms with van der Waals surface area (Å²) in [6.45, 7) is 0.723. The fraction of sp³-hybridized carbons (Fsp3) is 0.250. The van der Waals surface area contributed by atoms with E-state index in [-0.39, 0.29) is 24.2 Å². The van der Waals surface area contributed by atoms with Crippen LogP contribution < -0.4 is 5.32 Å². The minimum absolute atomic E-state index is 0.236. The number of halogens is 2. The second-order valence-corrected chi connectivity index (χ2v) is 10.3. The number of nitrogens with one attached hydrogen (secondary N) is 1. The number of thiophene rings is 1. The number of carbonyl (C=O) groups excluding carboxylic acids is 1. The molecule has 0 saturated carbocycles. The number of nitrogens with zero attached hydrogens (tertiary/aromatic N) is 2. The molecule has 0 bridgehead atoms. The molecule has 35 heavy (non-hydrogen) atoms. The van der Waals surface area contributed by atoms with Crippen LogP contribution in [0.2, 0.25) is 0 Å². The summed E-state index contributed by atoms with van der Waals surface area (Å²) in [5.74, 6) is -0.641. The monoisotopic (exact) mass is 489 g/mol. The van der Waals surface area contributed by atoms with Gasteiger partial charge in [-0.3, -0.25) is 0 Å². The number of hydrogen-bond donors (Lipinski definition) is 1. The Morgan fingerprint density at radius 3 is 2.63 bits per heavy atom. The topological polar surface area (TPSA) is 37.3 Å². The van der Waals surface area contributed by atoms with Crippen LogP contribution in [0.15, 0.2) is 66.9 Å². The highest BCUT2D eigenvalue weighted by Gasteiger charge is 2.36. The third-order valence-corrected chi connectivity index (χ3v) is 8.29. The van der Waals surface area contributed by atoms with E-state index in [1.54, 1.807) is 18.2 Å². The number of aryl methyl sites for hydroxylation is 1. The quantitative estimate of drug-likeness (QED) is 0.350. The van der Waals surface area contributed by atoms with Crippen LogP contribution >= 0.6 is 11.3 Å². The third-order valence-electron chi connectivity index (χ3n) is 6.96. The van der Waals surface area contributed by atoms with Gasteiger partial charge >= 0.3 is 6.03 Å². The standard InChI is InChI=1S/C28H25F2N3OS/c29-20-12-10-18(11-13-20)16-31-28(34)33-17-23-22-7-1-2-9-25(22)35-27(23)32-14-4-8-24(32)26(33)19-5-3-6-21(30)15-19/h3-6,8,10-15,26H,1-2,7,9,16-17H2,(H,31,34). The molecular formula is C28H25F2N3OS. The average Bonchev–Trinajstić information content (AvgIpc) is 3.45. The summed E-state index contributed by atoms with van der Waals surface area (Å²) in [6, 6.07) is 15.9. The normalized spacial score (nSPS) is 16.7. The maximum atomic E-state index is 14.3. The zero-order valence-electron chi connectivity index (χ0n) is 19.1. The Bertz CT molecular complexity index is 1390. The van der Waals surface area contributed by atoms with Gasteiger partial charge in [-0.05, 0) is 78.8 Å². The molecule has 4 nitrogen and oxygen atoms in total. The first-order valence-electron chi connectivity index (χ1n) is 11.9. The highest BCUT2D eigenvalue weighted by Crippen LogP contribution is 2.44. The molecule has 2 aliphatic rings. The van der Waals surface area contributed by atoms with E-state index in [4.69, 9.17) is 0 Å². The molecule has 0 fully saturated rings. The summed E-state index contributed by atoms with van der Waals surface area (Å²) in [5, 5.41) is 4.18. The SMILES string of the molecule is O=C(NCc1ccc(F)cc1)N1Cc2c(sc3c2CCCC3)-n2cccc2C1c1cccc(F)c1. The Morgan fingerprint density at radius 1 is 0.971 bits per heavy atom. The van der Waals surface area contributed by atoms with E-state index in [0.717, 1.165) is 41.1 Å². The van der Waals surface area contributed by atoms with Crippen LogP contribution in [0.3, 0.4) is 0 Å². The van der Waals surface area contributed by atoms with Crippen molar-refractivity contribution in [1.82, 2.24) is 14.8 Å². The summed E-state index contributed by atoms with van der Waals surface area (Å²) in [6.07, 6.45) is 6.49. The largest absolute Gasteiger partial charge is 0.334 e. The molecule has 6 rings (SSSR count). The maximum Gasteiger partial charge on any atom is 0.318 e. The summed E-state index contributed by atoms with van der Waals surface area (Å²) in [5.41, 5.74) is 5.04. The Hall–Kier alpha value is -3.45. The fourth-order valence-corrected chi connectivity index (χ4v) is 6.70. The predicted octanol–water partition coefficient (Wildman–Crippen LogP) is 6.51. The Balaban J connectivity index is 1.43. The van der Waals surface area contributed by atoms with Gasteiger partial charge in [-0.2, -0.15) is 0 Å². The van der Waals surface area contributed by atoms with Crippen molar-refractivity contribution >= 4 is 17.4 Å². The Labute approximate surface area is 206 Å². The highest BCUT2D eigenvalue weighted by atomic mass is 32.1. The Kier molecular flexibility index (Phi) is 5.65. The van der Waals surface area contributed by atoms with Crippen LogP contribution in [0.4, 0.5) is 13.6 Å². The van der Waals surface area contributed by atoms with Gasteiger partial charge in [-0.1, -0.05) is 24.3 Å². The number of aromatic nitrogens is 1. The summed E-state index contributed by atoms with van der Waals surface area (Å²) in [4.78, 5) is 17.0. The molecule has 0 saturated heterocycles. The van der Waals surface area contributed by atoms with Gasteiger partial charge in [-0.25, -0.2) is 13.6 Å². The molecule has 2 amide bonds. The van der Waals surface area contributed by atoms with Gasteiger partial charge < -0.3 is 14.8 Å². The van der Waals surface area contributed by atoms with Crippen molar-refractivity contribution in [3.8, 4) is 5.00 Å². The first-order valence-corrected chi connectivity index (χ1v) is 12.8. The molecule has 2 aromatic heterocycles. The van der Waals surface area contributed by atoms with E-state index in [0.29, 0.717) is 6.54 Å². The summed E-state index contributed by atoms with van der Waals surface area (Å²) >= 11 is 1.82. The Morgan fingerprint density at radius 2 is 1.80 bits per heavy atom. The number of benzene rings is 2. The van der Waals surface area contributed by atoms with Crippen molar-refractivity contribution in [2.24, 2.45) is 0 Å². The summed E-state index contributed by atoms with van der Waals surface area (Å²) < 4.78 is 29.8. The molecule has 7 heteroatoms. The van der Waals surface area contributed by atoms with Gasteiger partial charge in [0.25, 0.3) is 0 Å². The second-order valence-electron chi connectivity index (χ2n) is 9.17. The molecule has 1 aliphatic carbocycles. The molecule has 0 spiro atoms. The fourth-order valence-electron chi connectivity index (χ4n) is 5.30. The van der Waals surface area contributed by atoms with Gasteiger partial charge in [0.15, 0.2) is 0 Å². The van der Waals surface area contributed by atoms with Crippen LogP contribution in [0, 0.1) is 11.6 Å². The number of hydrogen-bond acceptors (Lipinski definition) is 2. The van der Waals surface area contributed by atoms with Crippen molar-refractivity contribution in [2.75, 3.05) is 0 Å². The van der Waals surface area contributed by atoms with E-state index >= 15 is 0 Å². The first kappa shape index (κ1) is 22.0. The average molecular weight is 490 g/mol. The third kappa shape index (κ3) is 4.04. The van der Waals surface area contributed by atoms with E-state index < -0.39 is 6.04 Å². The molecule has 4 aromatic rings. The zero-order chi connectivity index (χ0) is 23.9. The molecule has 1 atom stereocenters. The van der Waals surface area contributed by atoms with Crippen molar-refractivity contribution in [3.05, 3.63) is 111 Å². The number of rotatable bonds is 3. The van der Waals surface area contributed by atoms with E-state index in [9.17, 15) is 13.6 Å². The van der Waals surface area contributed by atoms with E-state index in [2.05, 4.69) is 9.88 Å². The van der Waals surface area contributed by atoms with Gasteiger partial charge in [0.2, 0.25) is 0 Å². The lowest BCUT2D eigenvalue weighted by molar-refractivity contribution is 0.180. The van der Waals surface area contributed by atoms with Crippen molar-refractivity contribution < 1.29 is 13.6 Å². The molecule has 1 N–H and O–H groups in total. The van der Waals surface area contributed by atoms with E-state index in [1.165, 1.54) is 46.7 Å². The number of carbonyl (C=O) groups is 1. The van der Waals surface area contributed by atoms with Crippen LogP contribution in [-0.2, 0) is 25.9 Å². The molecule has 0 radical (unpaired) electrons. The van der Waals surface area contributed by atoms with Crippen molar-refractivity contribution in [2.45, 2.75) is 44.8 Å². The first-order chi connectivity index (χ1) is 17.1. The molecule has 178 valence electrons. The maximum absolute atomic E-state index is 14.3. The molecule has 2 aromatic carbocycles. The molecule has 1 aliphatic heterocycles. The number of fused-ring (bicyclic) bond motifs is 5. The van der Waals surface area contributed by atoms with Crippen molar-refractivity contribution in [1.29, 1.82) is 0 Å². The zero-order valence-corrected chi connectivity index (χ0v) is 20.0. The van der Waals surface area contributed by atoms with Gasteiger partial charge in [0, 0.05) is 23.2 Å². The van der Waals surface area contributed by atoms with Crippen LogP contribution in [0.5, 0.6) is 0 Å². The molecular weight excluding hydrogens is 464 g/mol. The lowest BCUT2D eigenvalue weighted by Crippen LogP contribution is -2.41. The van der Waals surface area contributed by atoms with Gasteiger partial charge in [-0.15, -0.1) is 11.3 Å². The van der Waals surface area contributed by atoms with E-state index in [1.807, 2.05) is 40.6 Å².